The van der Waals surface area contributed by atoms with Gasteiger partial charge in [-0.1, -0.05) is 0 Å². The smallest absolute Gasteiger partial charge is 0.358 e. The third-order valence-electron chi connectivity index (χ3n) is 0.926. The molecule has 0 unspecified atom stereocenters. The largest absolute Gasteiger partial charge is 0.464 e. The van der Waals surface area contributed by atoms with Gasteiger partial charge in [-0.2, -0.15) is 0 Å². The minimum Gasteiger partial charge on any atom is -0.464 e. The number of carbonyl (C=O) groups excluding carboxylic acids is 1. The first-order chi connectivity index (χ1) is 4.84. The first-order valence-electron chi connectivity index (χ1n) is 2.62. The third-order valence-corrected chi connectivity index (χ3v) is 0.926. The summed E-state index contributed by atoms with van der Waals surface area (Å²) in [5.41, 5.74) is 0.196. The zero-order valence-corrected chi connectivity index (χ0v) is 5.37. The quantitative estimate of drug-likeness (QED) is 0.514. The second-order valence-corrected chi connectivity index (χ2v) is 1.54. The Hall–Kier alpha value is -1.45. The van der Waals surface area contributed by atoms with Crippen molar-refractivity contribution in [3.8, 4) is 0 Å². The molecule has 1 radical (unpaired) electrons. The summed E-state index contributed by atoms with van der Waals surface area (Å²) in [6, 6.07) is 2.98. The number of rotatable bonds is 1. The molecule has 0 N–H and O–H groups in total. The average molecular weight is 137 g/mol. The van der Waals surface area contributed by atoms with E-state index in [0.717, 1.165) is 0 Å². The van der Waals surface area contributed by atoms with E-state index in [1.807, 2.05) is 0 Å². The molecular formula is C6H5N2O2. The number of nitrogens with zero attached hydrogens (tertiary/aromatic N) is 2. The summed E-state index contributed by atoms with van der Waals surface area (Å²) in [7, 11) is 1.29. The number of hydrogen-bond acceptors (Lipinski definition) is 4. The van der Waals surface area contributed by atoms with Gasteiger partial charge in [0.05, 0.1) is 7.11 Å². The number of aromatic nitrogens is 2. The molecule has 0 aromatic carbocycles. The number of hydrogen-bond donors (Lipinski definition) is 0. The zero-order valence-electron chi connectivity index (χ0n) is 5.37. The van der Waals surface area contributed by atoms with E-state index in [0.29, 0.717) is 0 Å². The molecule has 0 aliphatic rings. The van der Waals surface area contributed by atoms with E-state index in [4.69, 9.17) is 0 Å². The fourth-order valence-electron chi connectivity index (χ4n) is 0.479. The molecule has 1 rings (SSSR count). The Bertz CT molecular complexity index is 222. The highest BCUT2D eigenvalue weighted by atomic mass is 16.5. The molecule has 1 heterocycles. The molecule has 10 heavy (non-hydrogen) atoms. The van der Waals surface area contributed by atoms with Crippen LogP contribution in [-0.4, -0.2) is 23.3 Å². The second kappa shape index (κ2) is 2.91. The van der Waals surface area contributed by atoms with E-state index >= 15 is 0 Å². The van der Waals surface area contributed by atoms with Crippen molar-refractivity contribution in [2.75, 3.05) is 7.11 Å². The van der Waals surface area contributed by atoms with Crippen molar-refractivity contribution in [1.82, 2.24) is 10.2 Å². The van der Waals surface area contributed by atoms with Gasteiger partial charge in [0.1, 0.15) is 6.20 Å². The van der Waals surface area contributed by atoms with Crippen LogP contribution in [0.1, 0.15) is 10.5 Å². The molecular weight excluding hydrogens is 132 g/mol. The first kappa shape index (κ1) is 6.67. The molecule has 51 valence electrons. The Balaban J connectivity index is 2.85. The number of esters is 1. The summed E-state index contributed by atoms with van der Waals surface area (Å²) in [4.78, 5) is 10.7. The lowest BCUT2D eigenvalue weighted by molar-refractivity contribution is 0.0592. The van der Waals surface area contributed by atoms with Crippen molar-refractivity contribution in [2.24, 2.45) is 0 Å². The van der Waals surface area contributed by atoms with Crippen LogP contribution in [0.2, 0.25) is 0 Å². The molecule has 1 aromatic heterocycles. The Morgan fingerprint density at radius 3 is 3.10 bits per heavy atom. The minimum absolute atomic E-state index is 0.196. The molecule has 0 saturated carbocycles. The number of ether oxygens (including phenoxy) is 1. The van der Waals surface area contributed by atoms with E-state index in [2.05, 4.69) is 21.1 Å². The van der Waals surface area contributed by atoms with Crippen LogP contribution in [0, 0.1) is 6.20 Å². The van der Waals surface area contributed by atoms with Gasteiger partial charge in [0.25, 0.3) is 0 Å². The van der Waals surface area contributed by atoms with Crippen LogP contribution in [0.25, 0.3) is 0 Å². The van der Waals surface area contributed by atoms with Gasteiger partial charge < -0.3 is 4.74 Å². The highest BCUT2D eigenvalue weighted by Gasteiger charge is 2.04. The van der Waals surface area contributed by atoms with Gasteiger partial charge in [0.2, 0.25) is 0 Å². The topological polar surface area (TPSA) is 52.1 Å². The van der Waals surface area contributed by atoms with E-state index in [-0.39, 0.29) is 5.69 Å². The lowest BCUT2D eigenvalue weighted by Crippen LogP contribution is -2.04. The Kier molecular flexibility index (Phi) is 1.94. The van der Waals surface area contributed by atoms with Crippen molar-refractivity contribution < 1.29 is 9.53 Å². The first-order valence-corrected chi connectivity index (χ1v) is 2.62. The summed E-state index contributed by atoms with van der Waals surface area (Å²) in [6.07, 6.45) is 2.44. The SMILES string of the molecule is COC(=O)c1cc[c]nn1. The van der Waals surface area contributed by atoms with Crippen LogP contribution < -0.4 is 0 Å². The Morgan fingerprint density at radius 2 is 2.60 bits per heavy atom. The third kappa shape index (κ3) is 1.28. The fraction of sp³-hybridized carbons (Fsp3) is 0.167. The van der Waals surface area contributed by atoms with Crippen molar-refractivity contribution in [2.45, 2.75) is 0 Å². The standard InChI is InChI=1S/C6H5N2O2/c1-10-6(9)5-3-2-4-7-8-5/h2-3H,1H3. The molecule has 0 saturated heterocycles. The second-order valence-electron chi connectivity index (χ2n) is 1.54. The molecule has 0 amide bonds. The van der Waals surface area contributed by atoms with Crippen LogP contribution in [0.15, 0.2) is 12.1 Å². The maximum absolute atomic E-state index is 10.7. The molecule has 0 spiro atoms. The molecule has 4 nitrogen and oxygen atoms in total. The summed E-state index contributed by atoms with van der Waals surface area (Å²) in [5.74, 6) is -0.485. The minimum atomic E-state index is -0.485. The molecule has 0 aliphatic carbocycles. The number of carbonyl (C=O) groups is 1. The zero-order chi connectivity index (χ0) is 7.40. The highest BCUT2D eigenvalue weighted by molar-refractivity contribution is 5.86. The summed E-state index contributed by atoms with van der Waals surface area (Å²) < 4.78 is 4.38. The average Bonchev–Trinajstić information content (AvgIpc) is 2.05. The van der Waals surface area contributed by atoms with Gasteiger partial charge in [-0.15, -0.1) is 10.2 Å². The molecule has 1 aromatic rings. The van der Waals surface area contributed by atoms with Crippen molar-refractivity contribution >= 4 is 5.97 Å². The van der Waals surface area contributed by atoms with Crippen LogP contribution in [0.5, 0.6) is 0 Å². The van der Waals surface area contributed by atoms with Crippen molar-refractivity contribution in [3.63, 3.8) is 0 Å². The van der Waals surface area contributed by atoms with Gasteiger partial charge in [0.15, 0.2) is 5.69 Å². The van der Waals surface area contributed by atoms with E-state index in [1.165, 1.54) is 19.2 Å². The van der Waals surface area contributed by atoms with E-state index in [9.17, 15) is 4.79 Å². The lowest BCUT2D eigenvalue weighted by Gasteiger charge is -1.93. The molecule has 0 atom stereocenters. The summed E-state index contributed by atoms with van der Waals surface area (Å²) >= 11 is 0. The monoisotopic (exact) mass is 137 g/mol. The van der Waals surface area contributed by atoms with Crippen LogP contribution in [0.3, 0.4) is 0 Å². The summed E-state index contributed by atoms with van der Waals surface area (Å²) in [5, 5.41) is 6.85. The maximum atomic E-state index is 10.7. The van der Waals surface area contributed by atoms with Crippen molar-refractivity contribution in [1.29, 1.82) is 0 Å². The fourth-order valence-corrected chi connectivity index (χ4v) is 0.479. The Morgan fingerprint density at radius 1 is 1.80 bits per heavy atom. The predicted molar refractivity (Wildman–Crippen MR) is 32.2 cm³/mol. The van der Waals surface area contributed by atoms with Gasteiger partial charge in [-0.05, 0) is 12.1 Å². The highest BCUT2D eigenvalue weighted by Crippen LogP contribution is 1.91. The van der Waals surface area contributed by atoms with E-state index < -0.39 is 5.97 Å². The van der Waals surface area contributed by atoms with Gasteiger partial charge in [0, 0.05) is 0 Å². The predicted octanol–water partition coefficient (Wildman–Crippen LogP) is 0.0634. The van der Waals surface area contributed by atoms with Crippen LogP contribution in [-0.2, 0) is 4.74 Å². The van der Waals surface area contributed by atoms with Crippen molar-refractivity contribution in [3.05, 3.63) is 24.0 Å². The van der Waals surface area contributed by atoms with Crippen LogP contribution >= 0.6 is 0 Å². The lowest BCUT2D eigenvalue weighted by atomic mass is 10.4. The molecule has 4 heteroatoms. The summed E-state index contributed by atoms with van der Waals surface area (Å²) in [6.45, 7) is 0. The molecule has 0 aliphatic heterocycles. The van der Waals surface area contributed by atoms with E-state index in [1.54, 1.807) is 0 Å². The Labute approximate surface area is 57.8 Å². The molecule has 0 fully saturated rings. The number of methoxy groups -OCH3 is 1. The van der Waals surface area contributed by atoms with Gasteiger partial charge in [-0.3, -0.25) is 0 Å². The van der Waals surface area contributed by atoms with Crippen LogP contribution in [0.4, 0.5) is 0 Å². The maximum Gasteiger partial charge on any atom is 0.358 e. The van der Waals surface area contributed by atoms with Gasteiger partial charge in [-0.25, -0.2) is 4.79 Å². The van der Waals surface area contributed by atoms with Gasteiger partial charge >= 0.3 is 5.97 Å². The molecule has 0 bridgehead atoms. The normalized spacial score (nSPS) is 8.90.